The summed E-state index contributed by atoms with van der Waals surface area (Å²) in [5, 5.41) is 6.15. The number of hydrogen-bond donors (Lipinski definition) is 2. The molecule has 1 heterocycles. The normalized spacial score (nSPS) is 12.8. The maximum atomic E-state index is 12.9. The summed E-state index contributed by atoms with van der Waals surface area (Å²) < 4.78 is 0. The molecular formula is C24H21ClN4O3. The second-order valence-electron chi connectivity index (χ2n) is 7.22. The number of amides is 4. The van der Waals surface area contributed by atoms with Gasteiger partial charge in [-0.05, 0) is 35.9 Å². The minimum atomic E-state index is -0.417. The summed E-state index contributed by atoms with van der Waals surface area (Å²) in [5.41, 5.74) is 2.47. The fourth-order valence-corrected chi connectivity index (χ4v) is 3.67. The summed E-state index contributed by atoms with van der Waals surface area (Å²) in [5.74, 6) is -0.671. The first-order valence-corrected chi connectivity index (χ1v) is 10.4. The van der Waals surface area contributed by atoms with Gasteiger partial charge in [-0.15, -0.1) is 0 Å². The van der Waals surface area contributed by atoms with Gasteiger partial charge in [0.15, 0.2) is 0 Å². The number of nitrogens with one attached hydrogen (secondary N) is 2. The highest BCUT2D eigenvalue weighted by Gasteiger charge is 2.33. The summed E-state index contributed by atoms with van der Waals surface area (Å²) in [4.78, 5) is 41.1. The summed E-state index contributed by atoms with van der Waals surface area (Å²) in [7, 11) is 0. The minimum Gasteiger partial charge on any atom is -0.350 e. The van der Waals surface area contributed by atoms with Gasteiger partial charge in [0.2, 0.25) is 11.8 Å². The van der Waals surface area contributed by atoms with E-state index in [4.69, 9.17) is 11.6 Å². The third kappa shape index (κ3) is 4.73. The Morgan fingerprint density at radius 3 is 2.28 bits per heavy atom. The lowest BCUT2D eigenvalue weighted by Crippen LogP contribution is -2.51. The van der Waals surface area contributed by atoms with Crippen LogP contribution in [0.15, 0.2) is 78.9 Å². The van der Waals surface area contributed by atoms with Crippen LogP contribution in [0.3, 0.4) is 0 Å². The Morgan fingerprint density at radius 1 is 0.875 bits per heavy atom. The van der Waals surface area contributed by atoms with Gasteiger partial charge in [0.25, 0.3) is 0 Å². The van der Waals surface area contributed by atoms with E-state index in [-0.39, 0.29) is 31.4 Å². The van der Waals surface area contributed by atoms with Crippen LogP contribution in [0.25, 0.3) is 0 Å². The van der Waals surface area contributed by atoms with Crippen LogP contribution in [0.5, 0.6) is 0 Å². The standard InChI is InChI=1S/C24H21ClN4O3/c25-19-11-5-4-8-17(19)14-26-22(30)15-28-20-12-6-7-13-21(20)29(16-23(28)31)24(32)27-18-9-2-1-3-10-18/h1-13H,14-16H2,(H,26,30)(H,27,32). The van der Waals surface area contributed by atoms with Crippen molar-refractivity contribution in [2.45, 2.75) is 6.54 Å². The Hall–Kier alpha value is -3.84. The van der Waals surface area contributed by atoms with Gasteiger partial charge in [-0.25, -0.2) is 4.79 Å². The quantitative estimate of drug-likeness (QED) is 0.618. The molecule has 1 aliphatic heterocycles. The van der Waals surface area contributed by atoms with Gasteiger partial charge in [-0.3, -0.25) is 19.4 Å². The Bertz CT molecular complexity index is 1150. The lowest BCUT2D eigenvalue weighted by Gasteiger charge is -2.35. The maximum Gasteiger partial charge on any atom is 0.326 e. The molecular weight excluding hydrogens is 428 g/mol. The fourth-order valence-electron chi connectivity index (χ4n) is 3.46. The van der Waals surface area contributed by atoms with Crippen molar-refractivity contribution in [3.63, 3.8) is 0 Å². The van der Waals surface area contributed by atoms with Gasteiger partial charge < -0.3 is 10.6 Å². The highest BCUT2D eigenvalue weighted by molar-refractivity contribution is 6.31. The molecule has 0 unspecified atom stereocenters. The molecule has 0 saturated carbocycles. The monoisotopic (exact) mass is 448 g/mol. The van der Waals surface area contributed by atoms with Crippen LogP contribution in [0.4, 0.5) is 21.9 Å². The molecule has 0 aliphatic carbocycles. The molecule has 0 saturated heterocycles. The molecule has 0 atom stereocenters. The number of carbonyl (C=O) groups is 3. The van der Waals surface area contributed by atoms with Crippen LogP contribution >= 0.6 is 11.6 Å². The van der Waals surface area contributed by atoms with Crippen molar-refractivity contribution >= 4 is 46.5 Å². The maximum absolute atomic E-state index is 12.9. The van der Waals surface area contributed by atoms with Gasteiger partial charge in [-0.1, -0.05) is 60.1 Å². The van der Waals surface area contributed by atoms with Crippen LogP contribution < -0.4 is 20.4 Å². The third-order valence-corrected chi connectivity index (χ3v) is 5.43. The summed E-state index contributed by atoms with van der Waals surface area (Å²) >= 11 is 6.13. The van der Waals surface area contributed by atoms with Gasteiger partial charge >= 0.3 is 6.03 Å². The number of urea groups is 1. The predicted octanol–water partition coefficient (Wildman–Crippen LogP) is 4.04. The number of para-hydroxylation sites is 3. The lowest BCUT2D eigenvalue weighted by molar-refractivity contribution is -0.123. The first-order valence-electron chi connectivity index (χ1n) is 10.1. The number of halogens is 1. The number of nitrogens with zero attached hydrogens (tertiary/aromatic N) is 2. The Labute approximate surface area is 190 Å². The SMILES string of the molecule is O=C(CN1C(=O)CN(C(=O)Nc2ccccc2)c2ccccc21)NCc1ccccc1Cl. The second kappa shape index (κ2) is 9.53. The van der Waals surface area contributed by atoms with Crippen LogP contribution in [0, 0.1) is 0 Å². The average molecular weight is 449 g/mol. The van der Waals surface area contributed by atoms with Gasteiger partial charge in [0, 0.05) is 17.3 Å². The largest absolute Gasteiger partial charge is 0.350 e. The minimum absolute atomic E-state index is 0.158. The van der Waals surface area contributed by atoms with E-state index in [1.54, 1.807) is 42.5 Å². The summed E-state index contributed by atoms with van der Waals surface area (Å²) in [6.45, 7) is -0.0737. The molecule has 0 aromatic heterocycles. The van der Waals surface area contributed by atoms with E-state index in [1.807, 2.05) is 36.4 Å². The molecule has 4 amide bonds. The van der Waals surface area contributed by atoms with Crippen molar-refractivity contribution in [1.82, 2.24) is 5.32 Å². The van der Waals surface area contributed by atoms with Crippen LogP contribution in [0.1, 0.15) is 5.56 Å². The van der Waals surface area contributed by atoms with E-state index in [0.29, 0.717) is 22.1 Å². The number of benzene rings is 3. The van der Waals surface area contributed by atoms with Crippen molar-refractivity contribution in [3.8, 4) is 0 Å². The molecule has 0 radical (unpaired) electrons. The van der Waals surface area contributed by atoms with Gasteiger partial charge in [0.1, 0.15) is 13.1 Å². The molecule has 0 bridgehead atoms. The Balaban J connectivity index is 1.48. The second-order valence-corrected chi connectivity index (χ2v) is 7.63. The smallest absolute Gasteiger partial charge is 0.326 e. The number of fused-ring (bicyclic) bond motifs is 1. The first kappa shape index (κ1) is 21.4. The molecule has 162 valence electrons. The van der Waals surface area contributed by atoms with Crippen LogP contribution in [-0.2, 0) is 16.1 Å². The van der Waals surface area contributed by atoms with Gasteiger partial charge in [0.05, 0.1) is 11.4 Å². The number of carbonyl (C=O) groups excluding carboxylic acids is 3. The number of rotatable bonds is 5. The molecule has 1 aliphatic rings. The molecule has 4 rings (SSSR count). The van der Waals surface area contributed by atoms with Crippen molar-refractivity contribution in [1.29, 1.82) is 0 Å². The predicted molar refractivity (Wildman–Crippen MR) is 125 cm³/mol. The van der Waals surface area contributed by atoms with Crippen molar-refractivity contribution in [2.24, 2.45) is 0 Å². The van der Waals surface area contributed by atoms with Crippen LogP contribution in [-0.4, -0.2) is 30.9 Å². The molecule has 0 fully saturated rings. The average Bonchev–Trinajstić information content (AvgIpc) is 2.81. The highest BCUT2D eigenvalue weighted by Crippen LogP contribution is 2.33. The highest BCUT2D eigenvalue weighted by atomic mass is 35.5. The van der Waals surface area contributed by atoms with Crippen molar-refractivity contribution in [2.75, 3.05) is 28.2 Å². The third-order valence-electron chi connectivity index (χ3n) is 5.06. The van der Waals surface area contributed by atoms with E-state index in [9.17, 15) is 14.4 Å². The van der Waals surface area contributed by atoms with E-state index in [1.165, 1.54) is 9.80 Å². The van der Waals surface area contributed by atoms with E-state index >= 15 is 0 Å². The van der Waals surface area contributed by atoms with Crippen LogP contribution in [0.2, 0.25) is 5.02 Å². The molecule has 7 nitrogen and oxygen atoms in total. The Kier molecular flexibility index (Phi) is 6.37. The molecule has 2 N–H and O–H groups in total. The summed E-state index contributed by atoms with van der Waals surface area (Å²) in [6, 6.07) is 22.9. The Morgan fingerprint density at radius 2 is 1.53 bits per heavy atom. The zero-order valence-corrected chi connectivity index (χ0v) is 17.9. The van der Waals surface area contributed by atoms with E-state index in [2.05, 4.69) is 10.6 Å². The summed E-state index contributed by atoms with van der Waals surface area (Å²) in [6.07, 6.45) is 0. The first-order chi connectivity index (χ1) is 15.5. The number of anilines is 3. The van der Waals surface area contributed by atoms with Gasteiger partial charge in [-0.2, -0.15) is 0 Å². The molecule has 32 heavy (non-hydrogen) atoms. The van der Waals surface area contributed by atoms with E-state index < -0.39 is 6.03 Å². The molecule has 0 spiro atoms. The number of hydrogen-bond acceptors (Lipinski definition) is 3. The zero-order chi connectivity index (χ0) is 22.5. The molecule has 3 aromatic carbocycles. The lowest BCUT2D eigenvalue weighted by atomic mass is 10.1. The molecule has 3 aromatic rings. The van der Waals surface area contributed by atoms with E-state index in [0.717, 1.165) is 5.56 Å². The zero-order valence-electron chi connectivity index (χ0n) is 17.1. The fraction of sp³-hybridized carbons (Fsp3) is 0.125. The molecule has 8 heteroatoms. The van der Waals surface area contributed by atoms with Crippen molar-refractivity contribution in [3.05, 3.63) is 89.4 Å². The van der Waals surface area contributed by atoms with Crippen molar-refractivity contribution < 1.29 is 14.4 Å². The topological polar surface area (TPSA) is 81.8 Å².